The predicted octanol–water partition coefficient (Wildman–Crippen LogP) is 3.64. The van der Waals surface area contributed by atoms with Gasteiger partial charge in [-0.3, -0.25) is 33.7 Å². The average molecular weight is 829 g/mol. The summed E-state index contributed by atoms with van der Waals surface area (Å²) >= 11 is 0. The molecule has 0 radical (unpaired) electrons. The van der Waals surface area contributed by atoms with Gasteiger partial charge in [-0.15, -0.1) is 0 Å². The predicted molar refractivity (Wildman–Crippen MR) is 212 cm³/mol. The molecule has 7 N–H and O–H groups in total. The second-order valence-corrected chi connectivity index (χ2v) is 16.6. The molecular weight excluding hydrogens is 781 g/mol. The lowest BCUT2D eigenvalue weighted by molar-refractivity contribution is -0.129. The number of carbonyl (C=O) groups excluding carboxylic acids is 4. The SMILES string of the molecule is CCNc1ccc2c(-c3ccccc3C(=O)N(C)CCCC(=O)NCCNC(=O)CCNC(=O)C(C)(C)CC)c3ccc(=N)c(S(=O)(=O)O)c-3oc2c1S(=O)(=O)O. The minimum atomic E-state index is -5.12. The van der Waals surface area contributed by atoms with Gasteiger partial charge in [0.15, 0.2) is 21.1 Å². The minimum absolute atomic E-state index is 0.0159. The number of nitrogens with zero attached hydrogens (tertiary/aromatic N) is 1. The van der Waals surface area contributed by atoms with Gasteiger partial charge in [0.25, 0.3) is 26.1 Å². The van der Waals surface area contributed by atoms with Crippen molar-refractivity contribution < 1.29 is 49.5 Å². The van der Waals surface area contributed by atoms with Crippen LogP contribution < -0.4 is 26.6 Å². The van der Waals surface area contributed by atoms with Gasteiger partial charge in [0.1, 0.15) is 0 Å². The molecule has 0 fully saturated rings. The lowest BCUT2D eigenvalue weighted by Crippen LogP contribution is -2.39. The van der Waals surface area contributed by atoms with E-state index in [1.54, 1.807) is 25.1 Å². The number of hydrogen-bond donors (Lipinski definition) is 7. The lowest BCUT2D eigenvalue weighted by Gasteiger charge is -2.23. The van der Waals surface area contributed by atoms with E-state index in [1.807, 2.05) is 20.8 Å². The van der Waals surface area contributed by atoms with Crippen LogP contribution in [0.2, 0.25) is 0 Å². The van der Waals surface area contributed by atoms with E-state index in [1.165, 1.54) is 36.2 Å². The van der Waals surface area contributed by atoms with E-state index in [9.17, 15) is 45.1 Å². The van der Waals surface area contributed by atoms with Crippen molar-refractivity contribution in [2.45, 2.75) is 63.2 Å². The molecule has 2 aromatic rings. The molecule has 4 amide bonds. The number of fused-ring (bicyclic) bond motifs is 2. The molecule has 4 rings (SSSR count). The summed E-state index contributed by atoms with van der Waals surface area (Å²) < 4.78 is 77.2. The number of nitrogens with one attached hydrogen (secondary N) is 5. The van der Waals surface area contributed by atoms with Crippen LogP contribution in [0, 0.1) is 10.8 Å². The standard InChI is InChI=1S/C38H48N6O11S2/c1-6-38(3,4)37(48)43-19-18-30(46)42-21-20-41-29(45)13-10-22-44(5)36(47)24-12-9-8-11-23(24)31-25-14-16-27(39)34(56(49,50)51)32(25)55-33-26(31)15-17-28(40-7-2)35(33)57(52,53)54/h8-9,11-12,14-17,39-40H,6-7,10,13,18-22H2,1-5H3,(H,41,45)(H,42,46)(H,43,48)(H,49,50,51)(H,52,53,54). The van der Waals surface area contributed by atoms with Gasteiger partial charge in [0.2, 0.25) is 17.7 Å². The van der Waals surface area contributed by atoms with Crippen molar-refractivity contribution >= 4 is 60.5 Å². The second kappa shape index (κ2) is 18.3. The summed E-state index contributed by atoms with van der Waals surface area (Å²) in [5.74, 6) is -1.79. The van der Waals surface area contributed by atoms with E-state index in [4.69, 9.17) is 9.83 Å². The van der Waals surface area contributed by atoms with Crippen molar-refractivity contribution in [2.24, 2.45) is 5.41 Å². The van der Waals surface area contributed by atoms with Gasteiger partial charge in [-0.1, -0.05) is 39.0 Å². The first-order chi connectivity index (χ1) is 26.7. The summed E-state index contributed by atoms with van der Waals surface area (Å²) in [6.07, 6.45) is 1.08. The number of rotatable bonds is 18. The molecule has 0 atom stereocenters. The molecule has 2 aliphatic rings. The molecule has 17 nitrogen and oxygen atoms in total. The van der Waals surface area contributed by atoms with Crippen molar-refractivity contribution in [1.29, 1.82) is 5.41 Å². The maximum absolute atomic E-state index is 14.0. The molecule has 0 saturated heterocycles. The Morgan fingerprint density at radius 3 is 2.05 bits per heavy atom. The number of hydrogen-bond acceptors (Lipinski definition) is 11. The van der Waals surface area contributed by atoms with E-state index < -0.39 is 58.0 Å². The molecule has 19 heteroatoms. The zero-order chi connectivity index (χ0) is 42.3. The van der Waals surface area contributed by atoms with E-state index in [0.29, 0.717) is 6.42 Å². The van der Waals surface area contributed by atoms with Gasteiger partial charge in [-0.25, -0.2) is 0 Å². The van der Waals surface area contributed by atoms with Crippen LogP contribution in [-0.2, 0) is 34.6 Å². The third kappa shape index (κ3) is 10.5. The van der Waals surface area contributed by atoms with Crippen molar-refractivity contribution in [3.8, 4) is 22.5 Å². The fourth-order valence-corrected chi connectivity index (χ4v) is 7.58. The molecule has 0 bridgehead atoms. The smallest absolute Gasteiger partial charge is 0.300 e. The van der Waals surface area contributed by atoms with Gasteiger partial charge in [-0.05, 0) is 55.7 Å². The summed E-state index contributed by atoms with van der Waals surface area (Å²) in [5.41, 5.74) is -0.623. The van der Waals surface area contributed by atoms with Crippen LogP contribution in [0.1, 0.15) is 63.7 Å². The minimum Gasteiger partial charge on any atom is -0.453 e. The number of benzene rings is 3. The number of amides is 4. The topological polar surface area (TPSA) is 265 Å². The van der Waals surface area contributed by atoms with E-state index in [2.05, 4.69) is 21.3 Å². The molecular formula is C38H48N6O11S2. The van der Waals surface area contributed by atoms with Crippen LogP contribution in [0.3, 0.4) is 0 Å². The van der Waals surface area contributed by atoms with Crippen molar-refractivity contribution in [1.82, 2.24) is 20.9 Å². The fraction of sp³-hybridized carbons (Fsp3) is 0.395. The van der Waals surface area contributed by atoms with E-state index >= 15 is 0 Å². The van der Waals surface area contributed by atoms with Crippen molar-refractivity contribution in [2.75, 3.05) is 45.1 Å². The van der Waals surface area contributed by atoms with Crippen LogP contribution >= 0.6 is 0 Å². The molecule has 308 valence electrons. The van der Waals surface area contributed by atoms with Crippen molar-refractivity contribution in [3.05, 3.63) is 59.5 Å². The second-order valence-electron chi connectivity index (χ2n) is 13.9. The first-order valence-corrected chi connectivity index (χ1v) is 21.1. The molecule has 2 aromatic carbocycles. The summed E-state index contributed by atoms with van der Waals surface area (Å²) in [7, 11) is -8.64. The number of carbonyl (C=O) groups is 4. The Morgan fingerprint density at radius 1 is 0.807 bits per heavy atom. The van der Waals surface area contributed by atoms with Crippen LogP contribution in [0.5, 0.6) is 0 Å². The monoisotopic (exact) mass is 828 g/mol. The Bertz CT molecular complexity index is 2430. The lowest BCUT2D eigenvalue weighted by atomic mass is 9.89. The van der Waals surface area contributed by atoms with Gasteiger partial charge in [0.05, 0.1) is 11.0 Å². The van der Waals surface area contributed by atoms with Gasteiger partial charge in [0, 0.05) is 80.1 Å². The molecule has 57 heavy (non-hydrogen) atoms. The highest BCUT2D eigenvalue weighted by Gasteiger charge is 2.32. The Kier molecular flexibility index (Phi) is 14.2. The zero-order valence-electron chi connectivity index (χ0n) is 32.3. The molecule has 1 aliphatic carbocycles. The fourth-order valence-electron chi connectivity index (χ4n) is 6.04. The quantitative estimate of drug-likeness (QED) is 0.0431. The third-order valence-corrected chi connectivity index (χ3v) is 11.3. The first-order valence-electron chi connectivity index (χ1n) is 18.2. The Morgan fingerprint density at radius 2 is 1.44 bits per heavy atom. The van der Waals surface area contributed by atoms with Gasteiger partial charge < -0.3 is 30.6 Å². The van der Waals surface area contributed by atoms with Crippen molar-refractivity contribution in [3.63, 3.8) is 0 Å². The van der Waals surface area contributed by atoms with E-state index in [-0.39, 0.29) is 103 Å². The summed E-state index contributed by atoms with van der Waals surface area (Å²) in [6, 6.07) is 11.6. The van der Waals surface area contributed by atoms with E-state index in [0.717, 1.165) is 6.07 Å². The van der Waals surface area contributed by atoms with Crippen LogP contribution in [0.4, 0.5) is 5.69 Å². The summed E-state index contributed by atoms with van der Waals surface area (Å²) in [6.45, 7) is 8.15. The maximum Gasteiger partial charge on any atom is 0.300 e. The maximum atomic E-state index is 14.0. The number of anilines is 1. The average Bonchev–Trinajstić information content (AvgIpc) is 3.14. The molecule has 1 heterocycles. The van der Waals surface area contributed by atoms with Crippen LogP contribution in [-0.4, -0.2) is 94.2 Å². The molecule has 0 spiro atoms. The molecule has 0 unspecified atom stereocenters. The highest BCUT2D eigenvalue weighted by atomic mass is 32.2. The van der Waals surface area contributed by atoms with Crippen LogP contribution in [0.25, 0.3) is 33.4 Å². The molecule has 1 aliphatic heterocycles. The highest BCUT2D eigenvalue weighted by molar-refractivity contribution is 7.86. The summed E-state index contributed by atoms with van der Waals surface area (Å²) in [5, 5.41) is 18.6. The first kappa shape index (κ1) is 44.3. The van der Waals surface area contributed by atoms with Gasteiger partial charge in [-0.2, -0.15) is 16.8 Å². The molecule has 0 aromatic heterocycles. The third-order valence-electron chi connectivity index (χ3n) is 9.43. The Labute approximate surface area is 330 Å². The Hall–Kier alpha value is -5.37. The highest BCUT2D eigenvalue weighted by Crippen LogP contribution is 2.46. The van der Waals surface area contributed by atoms with Crippen LogP contribution in [0.15, 0.2) is 62.7 Å². The summed E-state index contributed by atoms with van der Waals surface area (Å²) in [4.78, 5) is 50.5. The zero-order valence-corrected chi connectivity index (χ0v) is 33.9. The normalized spacial score (nSPS) is 12.0. The molecule has 0 saturated carbocycles. The largest absolute Gasteiger partial charge is 0.453 e. The van der Waals surface area contributed by atoms with Gasteiger partial charge >= 0.3 is 0 Å². The Balaban J connectivity index is 1.54.